The molecule has 1 atom stereocenters. The first-order chi connectivity index (χ1) is 10.7. The van der Waals surface area contributed by atoms with Crippen LogP contribution in [0.4, 0.5) is 0 Å². The maximum absolute atomic E-state index is 9.48. The zero-order valence-electron chi connectivity index (χ0n) is 11.6. The van der Waals surface area contributed by atoms with Gasteiger partial charge in [-0.25, -0.2) is 0 Å². The Hall–Kier alpha value is -1.98. The number of allylic oxidation sites excluding steroid dienone is 2. The van der Waals surface area contributed by atoms with Gasteiger partial charge in [-0.2, -0.15) is 0 Å². The van der Waals surface area contributed by atoms with E-state index in [9.17, 15) is 5.26 Å². The zero-order valence-corrected chi connectivity index (χ0v) is 14.1. The Bertz CT molecular complexity index is 786. The van der Waals surface area contributed by atoms with E-state index in [0.29, 0.717) is 10.6 Å². The average molecular weight is 371 g/mol. The molecule has 0 aliphatic carbocycles. The molecule has 0 aromatic heterocycles. The summed E-state index contributed by atoms with van der Waals surface area (Å²) < 4.78 is 0.767. The van der Waals surface area contributed by atoms with Crippen molar-refractivity contribution in [2.24, 2.45) is 0 Å². The van der Waals surface area contributed by atoms with Crippen molar-refractivity contribution in [2.75, 3.05) is 0 Å². The first-order valence-electron chi connectivity index (χ1n) is 6.80. The quantitative estimate of drug-likeness (QED) is 0.812. The van der Waals surface area contributed by atoms with Crippen LogP contribution in [0.25, 0.3) is 5.70 Å². The van der Waals surface area contributed by atoms with Crippen LogP contribution in [0.3, 0.4) is 0 Å². The number of nitrogens with zero attached hydrogens (tertiary/aromatic N) is 1. The van der Waals surface area contributed by atoms with E-state index in [4.69, 9.17) is 11.6 Å². The van der Waals surface area contributed by atoms with Crippen molar-refractivity contribution in [2.45, 2.75) is 5.92 Å². The molecule has 22 heavy (non-hydrogen) atoms. The second-order valence-electron chi connectivity index (χ2n) is 4.96. The Kier molecular flexibility index (Phi) is 4.36. The van der Waals surface area contributed by atoms with E-state index < -0.39 is 0 Å². The molecule has 1 aliphatic heterocycles. The van der Waals surface area contributed by atoms with Gasteiger partial charge < -0.3 is 0 Å². The Labute approximate surface area is 142 Å². The number of halogens is 1. The zero-order chi connectivity index (χ0) is 15.5. The molecule has 1 heterocycles. The number of rotatable bonds is 2. The first-order valence-corrected chi connectivity index (χ1v) is 8.03. The van der Waals surface area contributed by atoms with Gasteiger partial charge in [-0.1, -0.05) is 0 Å². The second-order valence-corrected chi connectivity index (χ2v) is 6.25. The maximum atomic E-state index is 9.48. The Morgan fingerprint density at radius 2 is 1.73 bits per heavy atom. The van der Waals surface area contributed by atoms with Crippen LogP contribution in [0, 0.1) is 11.3 Å². The number of nitriles is 1. The summed E-state index contributed by atoms with van der Waals surface area (Å²) >= 11 is 8.93. The third kappa shape index (κ3) is 2.96. The van der Waals surface area contributed by atoms with E-state index in [1.165, 1.54) is 0 Å². The number of hydrogen-bond acceptors (Lipinski definition) is 2. The van der Waals surface area contributed by atoms with Gasteiger partial charge in [-0.05, 0) is 0 Å². The van der Waals surface area contributed by atoms with Crippen molar-refractivity contribution >= 4 is 33.3 Å². The number of dihydropyridines is 1. The number of nitrogens with one attached hydrogen (secondary N) is 1. The van der Waals surface area contributed by atoms with Crippen LogP contribution < -0.4 is 5.32 Å². The summed E-state index contributed by atoms with van der Waals surface area (Å²) in [5.41, 5.74) is 3.81. The van der Waals surface area contributed by atoms with Crippen molar-refractivity contribution in [3.8, 4) is 6.07 Å². The molecule has 0 spiro atoms. The molecule has 3 rings (SSSR count). The fraction of sp³-hybridized carbons (Fsp3) is 0.0556. The minimum absolute atomic E-state index is 0.0880. The number of benzene rings is 2. The molecule has 0 fully saturated rings. The van der Waals surface area contributed by atoms with Gasteiger partial charge in [-0.3, -0.25) is 0 Å². The summed E-state index contributed by atoms with van der Waals surface area (Å²) in [4.78, 5) is 0. The van der Waals surface area contributed by atoms with Gasteiger partial charge in [0, 0.05) is 0 Å². The van der Waals surface area contributed by atoms with Crippen LogP contribution in [-0.2, 0) is 0 Å². The van der Waals surface area contributed by atoms with Crippen LogP contribution >= 0.6 is 11.6 Å². The average Bonchev–Trinajstić information content (AvgIpc) is 2.55. The fourth-order valence-electron chi connectivity index (χ4n) is 2.46. The minimum atomic E-state index is -0.0880. The van der Waals surface area contributed by atoms with Gasteiger partial charge in [0.1, 0.15) is 0 Å². The van der Waals surface area contributed by atoms with Crippen LogP contribution in [0.2, 0.25) is 5.02 Å². The van der Waals surface area contributed by atoms with Crippen molar-refractivity contribution < 1.29 is 0 Å². The van der Waals surface area contributed by atoms with E-state index in [0.717, 1.165) is 21.4 Å². The van der Waals surface area contributed by atoms with E-state index in [1.807, 2.05) is 54.6 Å². The molecule has 2 aromatic carbocycles. The Balaban J connectivity index is 2.07. The summed E-state index contributed by atoms with van der Waals surface area (Å²) in [6.07, 6.45) is 2.08. The van der Waals surface area contributed by atoms with Crippen molar-refractivity contribution in [1.82, 2.24) is 5.32 Å². The molecular formula is C18H12ClN2Se. The van der Waals surface area contributed by atoms with Crippen molar-refractivity contribution in [3.05, 3.63) is 87.0 Å². The fourth-order valence-corrected chi connectivity index (χ4v) is 3.18. The van der Waals surface area contributed by atoms with E-state index in [-0.39, 0.29) is 5.92 Å². The summed E-state index contributed by atoms with van der Waals surface area (Å²) in [5, 5.41) is 13.5. The molecule has 1 radical (unpaired) electrons. The molecule has 1 N–H and O–H groups in total. The van der Waals surface area contributed by atoms with Crippen molar-refractivity contribution in [3.63, 3.8) is 0 Å². The molecule has 0 saturated heterocycles. The topological polar surface area (TPSA) is 35.8 Å². The number of hydrogen-bond donors (Lipinski definition) is 1. The van der Waals surface area contributed by atoms with Gasteiger partial charge in [0.25, 0.3) is 0 Å². The van der Waals surface area contributed by atoms with Gasteiger partial charge in [0.2, 0.25) is 0 Å². The normalized spacial score (nSPS) is 17.5. The van der Waals surface area contributed by atoms with Crippen LogP contribution in [0.15, 0.2) is 70.8 Å². The predicted molar refractivity (Wildman–Crippen MR) is 90.1 cm³/mol. The Morgan fingerprint density at radius 1 is 1.05 bits per heavy atom. The molecule has 0 amide bonds. The van der Waals surface area contributed by atoms with E-state index in [1.54, 1.807) is 0 Å². The van der Waals surface area contributed by atoms with Gasteiger partial charge in [-0.15, -0.1) is 0 Å². The standard InChI is InChI=1S/C18H12ClN2Se/c19-14-8-6-12(7-9-14)15-10-17(13-4-2-1-3-5-13)21-18(22)16(15)11-20/h1-10,15,21H. The van der Waals surface area contributed by atoms with Crippen molar-refractivity contribution in [1.29, 1.82) is 5.26 Å². The molecule has 1 unspecified atom stereocenters. The summed E-state index contributed by atoms with van der Waals surface area (Å²) in [7, 11) is 0. The molecule has 4 heteroatoms. The molecule has 107 valence electrons. The molecule has 0 saturated carbocycles. The summed E-state index contributed by atoms with van der Waals surface area (Å²) in [5.74, 6) is -0.0880. The molecule has 2 aromatic rings. The van der Waals surface area contributed by atoms with Gasteiger partial charge in [0.05, 0.1) is 0 Å². The third-order valence-corrected chi connectivity index (χ3v) is 4.50. The van der Waals surface area contributed by atoms with Gasteiger partial charge >= 0.3 is 143 Å². The van der Waals surface area contributed by atoms with Crippen LogP contribution in [0.5, 0.6) is 0 Å². The second kappa shape index (κ2) is 6.42. The molecular weight excluding hydrogens is 359 g/mol. The predicted octanol–water partition coefficient (Wildman–Crippen LogP) is 3.97. The molecule has 1 aliphatic rings. The molecule has 0 bridgehead atoms. The summed E-state index contributed by atoms with van der Waals surface area (Å²) in [6, 6.07) is 20.0. The SMILES string of the molecule is N#CC1=C([Se])NC(c2ccccc2)=CC1c1ccc(Cl)cc1. The van der Waals surface area contributed by atoms with Gasteiger partial charge in [0.15, 0.2) is 0 Å². The van der Waals surface area contributed by atoms with Crippen LogP contribution in [-0.4, -0.2) is 16.0 Å². The summed E-state index contributed by atoms with van der Waals surface area (Å²) in [6.45, 7) is 0. The first kappa shape index (κ1) is 14.9. The third-order valence-electron chi connectivity index (χ3n) is 3.57. The monoisotopic (exact) mass is 371 g/mol. The van der Waals surface area contributed by atoms with E-state index >= 15 is 0 Å². The van der Waals surface area contributed by atoms with E-state index in [2.05, 4.69) is 33.5 Å². The Morgan fingerprint density at radius 3 is 2.36 bits per heavy atom. The molecule has 2 nitrogen and oxygen atoms in total. The van der Waals surface area contributed by atoms with Crippen LogP contribution in [0.1, 0.15) is 17.0 Å².